The van der Waals surface area contributed by atoms with Crippen molar-refractivity contribution in [3.05, 3.63) is 0 Å². The van der Waals surface area contributed by atoms with Gasteiger partial charge in [0.1, 0.15) is 0 Å². The highest BCUT2D eigenvalue weighted by Crippen LogP contribution is 2.21. The third-order valence-corrected chi connectivity index (χ3v) is 1.79. The Bertz CT molecular complexity index is 301. The van der Waals surface area contributed by atoms with Crippen molar-refractivity contribution in [2.24, 2.45) is 0 Å². The van der Waals surface area contributed by atoms with Gasteiger partial charge >= 0.3 is 24.3 Å². The summed E-state index contributed by atoms with van der Waals surface area (Å²) in [5.74, 6) is -5.83. The number of nitrogens with one attached hydrogen (secondary N) is 2. The van der Waals surface area contributed by atoms with Crippen molar-refractivity contribution in [3.63, 3.8) is 0 Å². The number of rotatable bonds is 7. The van der Waals surface area contributed by atoms with Crippen LogP contribution in [0.25, 0.3) is 0 Å². The highest BCUT2D eigenvalue weighted by Gasteiger charge is 2.40. The molecule has 0 saturated heterocycles. The van der Waals surface area contributed by atoms with Crippen LogP contribution in [-0.2, 0) is 4.79 Å². The Morgan fingerprint density at radius 3 is 2.22 bits per heavy atom. The smallest absolute Gasteiger partial charge is 0.332 e. The molecule has 0 fully saturated rings. The molecule has 0 aromatic carbocycles. The fourth-order valence-electron chi connectivity index (χ4n) is 0.784. The summed E-state index contributed by atoms with van der Waals surface area (Å²) >= 11 is 0. The molecule has 0 radical (unpaired) electrons. The van der Waals surface area contributed by atoms with Gasteiger partial charge in [-0.25, -0.2) is 18.4 Å². The van der Waals surface area contributed by atoms with Gasteiger partial charge in [0.2, 0.25) is 0 Å². The van der Waals surface area contributed by atoms with E-state index in [-0.39, 0.29) is 13.0 Å². The van der Waals surface area contributed by atoms with E-state index in [0.717, 1.165) is 0 Å². The minimum absolute atomic E-state index is 0.306. The second-order valence-electron chi connectivity index (χ2n) is 3.31. The maximum atomic E-state index is 12.4. The topological polar surface area (TPSA) is 98.7 Å². The number of carboxylic acids is 1. The molecule has 6 nitrogen and oxygen atoms in total. The number of amides is 2. The van der Waals surface area contributed by atoms with Gasteiger partial charge in [-0.3, -0.25) is 0 Å². The number of aliphatic hydroxyl groups is 1. The molecule has 0 aromatic rings. The molecule has 0 saturated carbocycles. The molecule has 0 spiro atoms. The molecule has 10 heteroatoms. The van der Waals surface area contributed by atoms with Crippen LogP contribution in [0.5, 0.6) is 0 Å². The Balaban J connectivity index is 3.83. The van der Waals surface area contributed by atoms with Crippen LogP contribution in [0.3, 0.4) is 0 Å². The van der Waals surface area contributed by atoms with Crippen molar-refractivity contribution in [2.45, 2.75) is 24.9 Å². The number of urea groups is 1. The van der Waals surface area contributed by atoms with E-state index in [2.05, 4.69) is 0 Å². The predicted molar refractivity (Wildman–Crippen MR) is 50.6 cm³/mol. The van der Waals surface area contributed by atoms with E-state index in [9.17, 15) is 27.2 Å². The van der Waals surface area contributed by atoms with Crippen LogP contribution in [-0.4, -0.2) is 53.8 Å². The number of carbonyl (C=O) groups excluding carboxylic acids is 1. The number of aliphatic hydroxyl groups excluding tert-OH is 1. The van der Waals surface area contributed by atoms with E-state index in [1.165, 1.54) is 5.32 Å². The highest BCUT2D eigenvalue weighted by molar-refractivity contribution is 5.74. The average molecular weight is 276 g/mol. The molecule has 4 N–H and O–H groups in total. The lowest BCUT2D eigenvalue weighted by molar-refractivity contribution is -0.146. The third-order valence-electron chi connectivity index (χ3n) is 1.79. The zero-order chi connectivity index (χ0) is 14.3. The molecule has 0 rings (SSSR count). The van der Waals surface area contributed by atoms with Gasteiger partial charge in [0.15, 0.2) is 6.10 Å². The average Bonchev–Trinajstić information content (AvgIpc) is 2.26. The van der Waals surface area contributed by atoms with Crippen molar-refractivity contribution >= 4 is 12.0 Å². The first kappa shape index (κ1) is 16.4. The van der Waals surface area contributed by atoms with Gasteiger partial charge in [0, 0.05) is 13.0 Å². The second kappa shape index (κ2) is 6.99. The van der Waals surface area contributed by atoms with Crippen molar-refractivity contribution in [2.75, 3.05) is 13.1 Å². The second-order valence-corrected chi connectivity index (χ2v) is 3.31. The molecule has 1 atom stereocenters. The van der Waals surface area contributed by atoms with Crippen LogP contribution in [0.2, 0.25) is 0 Å². The van der Waals surface area contributed by atoms with Gasteiger partial charge in [-0.15, -0.1) is 0 Å². The molecule has 0 heterocycles. The Hall–Kier alpha value is -1.58. The summed E-state index contributed by atoms with van der Waals surface area (Å²) in [7, 11) is 0. The summed E-state index contributed by atoms with van der Waals surface area (Å²) in [5, 5.41) is 20.5. The zero-order valence-electron chi connectivity index (χ0n) is 9.00. The Kier molecular flexibility index (Phi) is 6.37. The lowest BCUT2D eigenvalue weighted by Gasteiger charge is -2.16. The summed E-state index contributed by atoms with van der Waals surface area (Å²) in [6.07, 6.45) is -5.94. The molecule has 1 unspecified atom stereocenters. The number of aliphatic carboxylic acids is 1. The van der Waals surface area contributed by atoms with Crippen molar-refractivity contribution < 1.29 is 37.4 Å². The molecule has 0 aliphatic carbocycles. The van der Waals surface area contributed by atoms with E-state index in [4.69, 9.17) is 10.2 Å². The molecule has 106 valence electrons. The Morgan fingerprint density at radius 1 is 1.22 bits per heavy atom. The zero-order valence-corrected chi connectivity index (χ0v) is 9.00. The van der Waals surface area contributed by atoms with Crippen LogP contribution in [0.1, 0.15) is 6.42 Å². The SMILES string of the molecule is O=C(NCCC(O)C(=O)O)NCC(F)(F)C(F)F. The fraction of sp³-hybridized carbons (Fsp3) is 0.750. The van der Waals surface area contributed by atoms with E-state index in [0.29, 0.717) is 0 Å². The van der Waals surface area contributed by atoms with E-state index < -0.39 is 37.0 Å². The fourth-order valence-corrected chi connectivity index (χ4v) is 0.784. The number of alkyl halides is 4. The monoisotopic (exact) mass is 276 g/mol. The van der Waals surface area contributed by atoms with Gasteiger partial charge in [-0.2, -0.15) is 8.78 Å². The Morgan fingerprint density at radius 2 is 1.78 bits per heavy atom. The van der Waals surface area contributed by atoms with Gasteiger partial charge < -0.3 is 20.8 Å². The lowest BCUT2D eigenvalue weighted by Crippen LogP contribution is -2.45. The van der Waals surface area contributed by atoms with Crippen molar-refractivity contribution in [1.29, 1.82) is 0 Å². The van der Waals surface area contributed by atoms with Crippen LogP contribution in [0.15, 0.2) is 0 Å². The molecule has 0 bridgehead atoms. The quantitative estimate of drug-likeness (QED) is 0.493. The number of halogens is 4. The van der Waals surface area contributed by atoms with Gasteiger partial charge in [0.05, 0.1) is 6.54 Å². The van der Waals surface area contributed by atoms with E-state index in [1.807, 2.05) is 5.32 Å². The normalized spacial score (nSPS) is 13.2. The van der Waals surface area contributed by atoms with Crippen LogP contribution in [0, 0.1) is 0 Å². The molecular weight excluding hydrogens is 264 g/mol. The Labute approximate surface area is 99.0 Å². The van der Waals surface area contributed by atoms with Crippen LogP contribution >= 0.6 is 0 Å². The third kappa shape index (κ3) is 6.23. The van der Waals surface area contributed by atoms with Gasteiger partial charge in [-0.05, 0) is 0 Å². The standard InChI is InChI=1S/C8H12F4N2O4/c9-6(10)8(11,12)3-14-7(18)13-2-1-4(15)5(16)17/h4,6,15H,1-3H2,(H,16,17)(H2,13,14,18). The molecule has 2 amide bonds. The molecule has 0 aliphatic rings. The first-order valence-electron chi connectivity index (χ1n) is 4.75. The number of hydrogen-bond donors (Lipinski definition) is 4. The molecular formula is C8H12F4N2O4. The summed E-state index contributed by atoms with van der Waals surface area (Å²) in [6, 6.07) is -1.16. The largest absolute Gasteiger partial charge is 0.479 e. The first-order chi connectivity index (χ1) is 8.16. The minimum atomic E-state index is -4.34. The predicted octanol–water partition coefficient (Wildman–Crippen LogP) is 0.0216. The van der Waals surface area contributed by atoms with Crippen molar-refractivity contribution in [1.82, 2.24) is 10.6 Å². The van der Waals surface area contributed by atoms with Crippen molar-refractivity contribution in [3.8, 4) is 0 Å². The first-order valence-corrected chi connectivity index (χ1v) is 4.75. The van der Waals surface area contributed by atoms with Gasteiger partial charge in [0.25, 0.3) is 0 Å². The lowest BCUT2D eigenvalue weighted by atomic mass is 10.2. The number of carboxylic acid groups (broad SMARTS) is 1. The number of carbonyl (C=O) groups is 2. The van der Waals surface area contributed by atoms with Crippen LogP contribution in [0.4, 0.5) is 22.4 Å². The summed E-state index contributed by atoms with van der Waals surface area (Å²) in [5.41, 5.74) is 0. The summed E-state index contributed by atoms with van der Waals surface area (Å²) < 4.78 is 48.1. The number of hydrogen-bond acceptors (Lipinski definition) is 3. The maximum Gasteiger partial charge on any atom is 0.332 e. The summed E-state index contributed by atoms with van der Waals surface area (Å²) in [4.78, 5) is 21.0. The van der Waals surface area contributed by atoms with Crippen LogP contribution < -0.4 is 10.6 Å². The molecule has 0 aliphatic heterocycles. The highest BCUT2D eigenvalue weighted by atomic mass is 19.3. The molecule has 0 aromatic heterocycles. The van der Waals surface area contributed by atoms with E-state index >= 15 is 0 Å². The van der Waals surface area contributed by atoms with Gasteiger partial charge in [-0.1, -0.05) is 0 Å². The summed E-state index contributed by atoms with van der Waals surface area (Å²) in [6.45, 7) is -1.85. The molecule has 18 heavy (non-hydrogen) atoms. The maximum absolute atomic E-state index is 12.4. The minimum Gasteiger partial charge on any atom is -0.479 e. The van der Waals surface area contributed by atoms with E-state index in [1.54, 1.807) is 0 Å².